The molecule has 8 heteroatoms. The maximum Gasteiger partial charge on any atom is 0.258 e. The Labute approximate surface area is 185 Å². The van der Waals surface area contributed by atoms with Crippen LogP contribution in [0.1, 0.15) is 55.1 Å². The van der Waals surface area contributed by atoms with Crippen LogP contribution in [0.5, 0.6) is 5.75 Å². The molecule has 3 aliphatic carbocycles. The monoisotopic (exact) mass is 447 g/mol. The van der Waals surface area contributed by atoms with Crippen LogP contribution in [0.4, 0.5) is 0 Å². The van der Waals surface area contributed by atoms with Gasteiger partial charge in [0.1, 0.15) is 5.75 Å². The first-order valence-electron chi connectivity index (χ1n) is 9.87. The molecule has 2 N–H and O–H groups in total. The molecule has 30 heavy (non-hydrogen) atoms. The number of carbonyl (C=O) groups is 2. The Bertz CT molecular complexity index is 972. The first-order chi connectivity index (χ1) is 14.2. The second-order valence-corrected chi connectivity index (χ2v) is 9.40. The van der Waals surface area contributed by atoms with Gasteiger partial charge in [0.25, 0.3) is 11.8 Å². The fourth-order valence-electron chi connectivity index (χ4n) is 4.29. The molecule has 0 spiro atoms. The standard InChI is InChI=1S/C22H23Cl2N3O3/c1-13(2)18-6-3-14(8-25-18)20(29)27-22-10-21(11-22,12-22)26-19(28)9-30-15-4-5-16(23)17(24)7-15/h3-8,13H,9-12H2,1-2H3,(H,26,28)(H,27,29). The molecule has 0 radical (unpaired) electrons. The minimum Gasteiger partial charge on any atom is -0.484 e. The molecule has 0 unspecified atom stereocenters. The Balaban J connectivity index is 1.23. The van der Waals surface area contributed by atoms with E-state index in [0.29, 0.717) is 27.3 Å². The lowest BCUT2D eigenvalue weighted by Crippen LogP contribution is -2.84. The number of amides is 2. The van der Waals surface area contributed by atoms with Gasteiger partial charge in [-0.05, 0) is 49.4 Å². The topological polar surface area (TPSA) is 80.3 Å². The van der Waals surface area contributed by atoms with Crippen LogP contribution in [0.3, 0.4) is 0 Å². The number of ether oxygens (including phenoxy) is 1. The zero-order chi connectivity index (χ0) is 21.5. The highest BCUT2D eigenvalue weighted by atomic mass is 35.5. The lowest BCUT2D eigenvalue weighted by molar-refractivity contribution is -0.141. The predicted octanol–water partition coefficient (Wildman–Crippen LogP) is 4.11. The molecule has 3 saturated carbocycles. The minimum atomic E-state index is -0.245. The summed E-state index contributed by atoms with van der Waals surface area (Å²) >= 11 is 11.8. The molecule has 6 nitrogen and oxygen atoms in total. The van der Waals surface area contributed by atoms with Gasteiger partial charge in [0.05, 0.1) is 15.6 Å². The lowest BCUT2D eigenvalue weighted by Gasteiger charge is -2.70. The quantitative estimate of drug-likeness (QED) is 0.668. The zero-order valence-electron chi connectivity index (χ0n) is 16.8. The van der Waals surface area contributed by atoms with Gasteiger partial charge in [0.2, 0.25) is 0 Å². The molecule has 1 aromatic heterocycles. The minimum absolute atomic E-state index is 0.104. The first-order valence-corrected chi connectivity index (χ1v) is 10.6. The Kier molecular flexibility index (Phi) is 5.41. The summed E-state index contributed by atoms with van der Waals surface area (Å²) in [6.07, 6.45) is 3.79. The molecule has 5 rings (SSSR count). The molecule has 158 valence electrons. The van der Waals surface area contributed by atoms with Crippen molar-refractivity contribution in [1.82, 2.24) is 15.6 Å². The number of hydrogen-bond donors (Lipinski definition) is 2. The van der Waals surface area contributed by atoms with Crippen LogP contribution in [0.25, 0.3) is 0 Å². The largest absolute Gasteiger partial charge is 0.484 e. The fourth-order valence-corrected chi connectivity index (χ4v) is 4.58. The lowest BCUT2D eigenvalue weighted by atomic mass is 9.44. The molecular weight excluding hydrogens is 425 g/mol. The smallest absolute Gasteiger partial charge is 0.258 e. The molecule has 2 bridgehead atoms. The highest BCUT2D eigenvalue weighted by molar-refractivity contribution is 6.42. The fraction of sp³-hybridized carbons (Fsp3) is 0.409. The number of nitrogens with zero attached hydrogens (tertiary/aromatic N) is 1. The summed E-state index contributed by atoms with van der Waals surface area (Å²) < 4.78 is 5.48. The average Bonchev–Trinajstić information content (AvgIpc) is 2.66. The van der Waals surface area contributed by atoms with Crippen molar-refractivity contribution in [3.05, 3.63) is 57.8 Å². The van der Waals surface area contributed by atoms with E-state index in [2.05, 4.69) is 29.5 Å². The number of carbonyl (C=O) groups excluding carboxylic acids is 2. The van der Waals surface area contributed by atoms with Gasteiger partial charge in [-0.3, -0.25) is 14.6 Å². The van der Waals surface area contributed by atoms with Crippen LogP contribution >= 0.6 is 23.2 Å². The number of benzene rings is 1. The van der Waals surface area contributed by atoms with Gasteiger partial charge in [0.15, 0.2) is 6.61 Å². The Morgan fingerprint density at radius 3 is 2.37 bits per heavy atom. The second kappa shape index (κ2) is 7.75. The van der Waals surface area contributed by atoms with Crippen LogP contribution in [0.15, 0.2) is 36.5 Å². The summed E-state index contributed by atoms with van der Waals surface area (Å²) in [4.78, 5) is 29.1. The number of halogens is 2. The molecule has 0 aliphatic heterocycles. The average molecular weight is 448 g/mol. The molecule has 0 atom stereocenters. The number of hydrogen-bond acceptors (Lipinski definition) is 4. The molecule has 0 saturated heterocycles. The number of aromatic nitrogens is 1. The molecule has 2 amide bonds. The van der Waals surface area contributed by atoms with Crippen molar-refractivity contribution in [2.75, 3.05) is 6.61 Å². The highest BCUT2D eigenvalue weighted by Gasteiger charge is 2.69. The van der Waals surface area contributed by atoms with E-state index >= 15 is 0 Å². The van der Waals surface area contributed by atoms with Crippen molar-refractivity contribution in [2.24, 2.45) is 0 Å². The van der Waals surface area contributed by atoms with Crippen molar-refractivity contribution in [3.8, 4) is 5.75 Å². The highest BCUT2D eigenvalue weighted by Crippen LogP contribution is 2.60. The van der Waals surface area contributed by atoms with E-state index in [1.54, 1.807) is 30.5 Å². The predicted molar refractivity (Wildman–Crippen MR) is 115 cm³/mol. The summed E-state index contributed by atoms with van der Waals surface area (Å²) in [6, 6.07) is 8.55. The summed E-state index contributed by atoms with van der Waals surface area (Å²) in [5.41, 5.74) is 1.04. The third-order valence-corrected chi connectivity index (χ3v) is 6.45. The Hall–Kier alpha value is -2.31. The van der Waals surface area contributed by atoms with Crippen molar-refractivity contribution >= 4 is 35.0 Å². The molecule has 3 fully saturated rings. The normalized spacial score (nSPS) is 23.9. The number of pyridine rings is 1. The molecule has 1 aromatic carbocycles. The Morgan fingerprint density at radius 2 is 1.77 bits per heavy atom. The third kappa shape index (κ3) is 4.12. The maximum absolute atomic E-state index is 12.5. The van der Waals surface area contributed by atoms with Crippen molar-refractivity contribution in [2.45, 2.75) is 50.1 Å². The Morgan fingerprint density at radius 1 is 1.07 bits per heavy atom. The van der Waals surface area contributed by atoms with E-state index in [0.717, 1.165) is 25.0 Å². The van der Waals surface area contributed by atoms with Crippen LogP contribution in [-0.2, 0) is 4.79 Å². The van der Waals surface area contributed by atoms with Crippen LogP contribution < -0.4 is 15.4 Å². The SMILES string of the molecule is CC(C)c1ccc(C(=O)NC23CC(NC(=O)COc4ccc(Cl)c(Cl)c4)(C2)C3)cn1. The van der Waals surface area contributed by atoms with Gasteiger partial charge in [-0.15, -0.1) is 0 Å². The van der Waals surface area contributed by atoms with Crippen LogP contribution in [-0.4, -0.2) is 34.5 Å². The maximum atomic E-state index is 12.5. The van der Waals surface area contributed by atoms with Crippen molar-refractivity contribution < 1.29 is 14.3 Å². The van der Waals surface area contributed by atoms with E-state index in [1.165, 1.54) is 0 Å². The van der Waals surface area contributed by atoms with Crippen LogP contribution in [0.2, 0.25) is 10.0 Å². The van der Waals surface area contributed by atoms with Gasteiger partial charge < -0.3 is 15.4 Å². The van der Waals surface area contributed by atoms with E-state index in [-0.39, 0.29) is 29.5 Å². The summed E-state index contributed by atoms with van der Waals surface area (Å²) in [5, 5.41) is 6.94. The number of nitrogens with one attached hydrogen (secondary N) is 2. The molecule has 3 aliphatic rings. The van der Waals surface area contributed by atoms with E-state index in [1.807, 2.05) is 6.07 Å². The molecule has 1 heterocycles. The van der Waals surface area contributed by atoms with Gasteiger partial charge in [-0.1, -0.05) is 37.0 Å². The summed E-state index contributed by atoms with van der Waals surface area (Å²) in [7, 11) is 0. The third-order valence-electron chi connectivity index (χ3n) is 5.71. The van der Waals surface area contributed by atoms with Crippen LogP contribution in [0, 0.1) is 0 Å². The number of rotatable bonds is 7. The second-order valence-electron chi connectivity index (χ2n) is 8.58. The molecular formula is C22H23Cl2N3O3. The van der Waals surface area contributed by atoms with Gasteiger partial charge in [-0.25, -0.2) is 0 Å². The van der Waals surface area contributed by atoms with E-state index < -0.39 is 0 Å². The van der Waals surface area contributed by atoms with E-state index in [9.17, 15) is 9.59 Å². The van der Waals surface area contributed by atoms with Crippen molar-refractivity contribution in [3.63, 3.8) is 0 Å². The van der Waals surface area contributed by atoms with Gasteiger partial charge in [0, 0.05) is 29.0 Å². The van der Waals surface area contributed by atoms with Crippen molar-refractivity contribution in [1.29, 1.82) is 0 Å². The summed E-state index contributed by atoms with van der Waals surface area (Å²) in [5.74, 6) is 0.483. The first kappa shape index (κ1) is 20.9. The summed E-state index contributed by atoms with van der Waals surface area (Å²) in [6.45, 7) is 4.02. The van der Waals surface area contributed by atoms with Gasteiger partial charge in [-0.2, -0.15) is 0 Å². The molecule has 2 aromatic rings. The zero-order valence-corrected chi connectivity index (χ0v) is 18.3. The van der Waals surface area contributed by atoms with Gasteiger partial charge >= 0.3 is 0 Å². The van der Waals surface area contributed by atoms with E-state index in [4.69, 9.17) is 27.9 Å².